The Morgan fingerprint density at radius 2 is 2.10 bits per heavy atom. The number of aliphatic carboxylic acids is 1. The van der Waals surface area contributed by atoms with Gasteiger partial charge in [0.1, 0.15) is 5.75 Å². The fourth-order valence-electron chi connectivity index (χ4n) is 2.03. The summed E-state index contributed by atoms with van der Waals surface area (Å²) in [5.74, 6) is -1.64. The topological polar surface area (TPSA) is 46.5 Å². The zero-order valence-electron chi connectivity index (χ0n) is 10.3. The second kappa shape index (κ2) is 5.01. The summed E-state index contributed by atoms with van der Waals surface area (Å²) < 4.78 is 43.6. The van der Waals surface area contributed by atoms with Gasteiger partial charge in [-0.15, -0.1) is 0 Å². The van der Waals surface area contributed by atoms with Crippen LogP contribution in [-0.2, 0) is 11.2 Å². The van der Waals surface area contributed by atoms with Crippen molar-refractivity contribution in [2.75, 3.05) is 0 Å². The molecule has 108 valence electrons. The lowest BCUT2D eigenvalue weighted by Gasteiger charge is -2.28. The smallest absolute Gasteiger partial charge is 0.430 e. The molecule has 1 aromatic carbocycles. The quantitative estimate of drug-likeness (QED) is 0.906. The molecule has 3 nitrogen and oxygen atoms in total. The summed E-state index contributed by atoms with van der Waals surface area (Å²) in [6.07, 6.45) is -5.89. The van der Waals surface area contributed by atoms with Crippen molar-refractivity contribution in [3.05, 3.63) is 33.9 Å². The molecule has 1 aliphatic heterocycles. The van der Waals surface area contributed by atoms with Crippen LogP contribution >= 0.6 is 11.6 Å². The zero-order valence-corrected chi connectivity index (χ0v) is 11.0. The summed E-state index contributed by atoms with van der Waals surface area (Å²) in [6, 6.07) is 2.89. The normalized spacial score (nSPS) is 18.1. The lowest BCUT2D eigenvalue weighted by Crippen LogP contribution is -2.40. The molecule has 0 saturated heterocycles. The molecule has 7 heteroatoms. The maximum absolute atomic E-state index is 12.9. The van der Waals surface area contributed by atoms with E-state index in [9.17, 15) is 18.0 Å². The van der Waals surface area contributed by atoms with Crippen molar-refractivity contribution in [1.82, 2.24) is 0 Å². The fraction of sp³-hybridized carbons (Fsp3) is 0.308. The van der Waals surface area contributed by atoms with Crippen LogP contribution in [0, 0.1) is 0 Å². The molecule has 0 aliphatic carbocycles. The van der Waals surface area contributed by atoms with Crippen molar-refractivity contribution < 1.29 is 27.8 Å². The van der Waals surface area contributed by atoms with Gasteiger partial charge in [-0.3, -0.25) is 0 Å². The van der Waals surface area contributed by atoms with Gasteiger partial charge >= 0.3 is 12.1 Å². The van der Waals surface area contributed by atoms with Crippen LogP contribution in [0.25, 0.3) is 6.08 Å². The largest absolute Gasteiger partial charge is 0.478 e. The van der Waals surface area contributed by atoms with Gasteiger partial charge in [0.2, 0.25) is 6.10 Å². The maximum atomic E-state index is 12.9. The molecule has 1 heterocycles. The summed E-state index contributed by atoms with van der Waals surface area (Å²) in [7, 11) is 0. The van der Waals surface area contributed by atoms with Crippen LogP contribution in [-0.4, -0.2) is 23.4 Å². The van der Waals surface area contributed by atoms with E-state index in [0.29, 0.717) is 17.0 Å². The average Bonchev–Trinajstić information content (AvgIpc) is 2.34. The number of halogens is 4. The van der Waals surface area contributed by atoms with Gasteiger partial charge in [0, 0.05) is 10.6 Å². The molecule has 1 atom stereocenters. The summed E-state index contributed by atoms with van der Waals surface area (Å²) in [6.45, 7) is 1.74. The first-order chi connectivity index (χ1) is 9.24. The van der Waals surface area contributed by atoms with Crippen LogP contribution in [0.3, 0.4) is 0 Å². The number of carboxylic acids is 1. The van der Waals surface area contributed by atoms with Gasteiger partial charge in [-0.25, -0.2) is 4.79 Å². The highest BCUT2D eigenvalue weighted by atomic mass is 35.5. The minimum atomic E-state index is -4.80. The van der Waals surface area contributed by atoms with E-state index in [1.54, 1.807) is 6.92 Å². The third kappa shape index (κ3) is 2.60. The van der Waals surface area contributed by atoms with Crippen molar-refractivity contribution in [3.8, 4) is 5.75 Å². The fourth-order valence-corrected chi connectivity index (χ4v) is 2.28. The number of aryl methyl sites for hydroxylation is 1. The molecule has 0 fully saturated rings. The molecule has 0 saturated carbocycles. The lowest BCUT2D eigenvalue weighted by atomic mass is 9.98. The number of benzene rings is 1. The van der Waals surface area contributed by atoms with E-state index in [2.05, 4.69) is 0 Å². The molecular formula is C13H10ClF3O3. The van der Waals surface area contributed by atoms with Crippen molar-refractivity contribution in [3.63, 3.8) is 0 Å². The van der Waals surface area contributed by atoms with Gasteiger partial charge in [0.15, 0.2) is 0 Å². The molecule has 0 bridgehead atoms. The third-order valence-electron chi connectivity index (χ3n) is 2.91. The Labute approximate surface area is 117 Å². The van der Waals surface area contributed by atoms with Gasteiger partial charge in [-0.1, -0.05) is 18.5 Å². The highest BCUT2D eigenvalue weighted by Gasteiger charge is 2.48. The van der Waals surface area contributed by atoms with Crippen LogP contribution < -0.4 is 4.74 Å². The summed E-state index contributed by atoms with van der Waals surface area (Å²) in [5.41, 5.74) is -0.107. The van der Waals surface area contributed by atoms with Gasteiger partial charge in [0.05, 0.1) is 5.57 Å². The van der Waals surface area contributed by atoms with Gasteiger partial charge < -0.3 is 9.84 Å². The molecule has 0 unspecified atom stereocenters. The first-order valence-corrected chi connectivity index (χ1v) is 6.12. The number of carboxylic acid groups (broad SMARTS) is 1. The molecule has 1 aromatic rings. The van der Waals surface area contributed by atoms with Crippen LogP contribution in [0.4, 0.5) is 13.2 Å². The van der Waals surface area contributed by atoms with E-state index in [0.717, 1.165) is 6.08 Å². The summed E-state index contributed by atoms with van der Waals surface area (Å²) in [4.78, 5) is 11.0. The lowest BCUT2D eigenvalue weighted by molar-refractivity contribution is -0.187. The van der Waals surface area contributed by atoms with E-state index >= 15 is 0 Å². The Kier molecular flexibility index (Phi) is 3.69. The van der Waals surface area contributed by atoms with Crippen molar-refractivity contribution in [2.45, 2.75) is 25.6 Å². The van der Waals surface area contributed by atoms with E-state index in [4.69, 9.17) is 21.4 Å². The third-order valence-corrected chi connectivity index (χ3v) is 3.13. The Morgan fingerprint density at radius 3 is 2.60 bits per heavy atom. The minimum Gasteiger partial charge on any atom is -0.478 e. The Morgan fingerprint density at radius 1 is 1.45 bits per heavy atom. The number of fused-ring (bicyclic) bond motifs is 1. The van der Waals surface area contributed by atoms with Gasteiger partial charge in [-0.05, 0) is 30.2 Å². The van der Waals surface area contributed by atoms with E-state index in [1.165, 1.54) is 12.1 Å². The van der Waals surface area contributed by atoms with Crippen LogP contribution in [0.5, 0.6) is 5.75 Å². The molecule has 1 aliphatic rings. The predicted octanol–water partition coefficient (Wildman–Crippen LogP) is 3.69. The molecule has 0 aromatic heterocycles. The van der Waals surface area contributed by atoms with Gasteiger partial charge in [0.25, 0.3) is 0 Å². The maximum Gasteiger partial charge on any atom is 0.430 e. The van der Waals surface area contributed by atoms with E-state index in [1.807, 2.05) is 0 Å². The second-order valence-electron chi connectivity index (χ2n) is 4.28. The van der Waals surface area contributed by atoms with Crippen molar-refractivity contribution in [1.29, 1.82) is 0 Å². The van der Waals surface area contributed by atoms with Crippen LogP contribution in [0.15, 0.2) is 17.7 Å². The monoisotopic (exact) mass is 306 g/mol. The van der Waals surface area contributed by atoms with E-state index in [-0.39, 0.29) is 11.3 Å². The summed E-state index contributed by atoms with van der Waals surface area (Å²) in [5, 5.41) is 9.23. The Hall–Kier alpha value is -1.69. The molecule has 2 rings (SSSR count). The molecule has 0 spiro atoms. The number of ether oxygens (including phenoxy) is 1. The SMILES string of the molecule is CCc1cc(Cl)cc2c1O[C@H](C(F)(F)F)C(C(=O)O)=C2. The predicted molar refractivity (Wildman–Crippen MR) is 66.9 cm³/mol. The second-order valence-corrected chi connectivity index (χ2v) is 4.72. The number of rotatable bonds is 2. The standard InChI is InChI=1S/C13H10ClF3O3/c1-2-6-3-8(14)4-7-5-9(12(18)19)11(13(15,16)17)20-10(6)7/h3-5,11H,2H2,1H3,(H,18,19)/t11-/m0/s1. The summed E-state index contributed by atoms with van der Waals surface area (Å²) >= 11 is 5.86. The first kappa shape index (κ1) is 14.7. The van der Waals surface area contributed by atoms with Crippen molar-refractivity contribution >= 4 is 23.6 Å². The molecule has 0 radical (unpaired) electrons. The van der Waals surface area contributed by atoms with Crippen LogP contribution in [0.1, 0.15) is 18.1 Å². The first-order valence-electron chi connectivity index (χ1n) is 5.74. The van der Waals surface area contributed by atoms with Gasteiger partial charge in [-0.2, -0.15) is 13.2 Å². The average molecular weight is 307 g/mol. The van der Waals surface area contributed by atoms with E-state index < -0.39 is 23.8 Å². The number of alkyl halides is 3. The van der Waals surface area contributed by atoms with Crippen molar-refractivity contribution in [2.24, 2.45) is 0 Å². The number of hydrogen-bond donors (Lipinski definition) is 1. The number of hydrogen-bond acceptors (Lipinski definition) is 2. The minimum absolute atomic E-state index is 0.0317. The highest BCUT2D eigenvalue weighted by Crippen LogP contribution is 2.40. The Bertz CT molecular complexity index is 593. The molecule has 0 amide bonds. The van der Waals surface area contributed by atoms with Crippen LogP contribution in [0.2, 0.25) is 5.02 Å². The molecular weight excluding hydrogens is 297 g/mol. The number of carbonyl (C=O) groups is 1. The zero-order chi connectivity index (χ0) is 15.1. The highest BCUT2D eigenvalue weighted by molar-refractivity contribution is 6.30. The molecule has 1 N–H and O–H groups in total. The Balaban J connectivity index is 2.62. The molecule has 20 heavy (non-hydrogen) atoms.